The first-order valence-corrected chi connectivity index (χ1v) is 6.05. The highest BCUT2D eigenvalue weighted by atomic mass is 14.9. The molecule has 17 heavy (non-hydrogen) atoms. The number of rotatable bonds is 4. The minimum atomic E-state index is 0.275. The van der Waals surface area contributed by atoms with Gasteiger partial charge in [0.1, 0.15) is 0 Å². The van der Waals surface area contributed by atoms with Gasteiger partial charge in [0, 0.05) is 11.4 Å². The third kappa shape index (κ3) is 5.96. The summed E-state index contributed by atoms with van der Waals surface area (Å²) in [6.45, 7) is 12.8. The summed E-state index contributed by atoms with van der Waals surface area (Å²) in [5.74, 6) is 0. The lowest BCUT2D eigenvalue weighted by atomic mass is 9.91. The molecule has 92 valence electrons. The molecular formula is C16H23N. The zero-order valence-corrected chi connectivity index (χ0v) is 11.4. The van der Waals surface area contributed by atoms with Gasteiger partial charge < -0.3 is 5.32 Å². The Hall–Kier alpha value is -1.50. The molecule has 0 aliphatic heterocycles. The minimum absolute atomic E-state index is 0.275. The molecule has 0 atom stereocenters. The van der Waals surface area contributed by atoms with E-state index in [4.69, 9.17) is 0 Å². The van der Waals surface area contributed by atoms with Gasteiger partial charge in [0.05, 0.1) is 0 Å². The smallest absolute Gasteiger partial charge is 0.0123 e. The molecule has 0 amide bonds. The zero-order chi connectivity index (χ0) is 12.9. The molecule has 0 radical (unpaired) electrons. The van der Waals surface area contributed by atoms with Crippen LogP contribution in [0, 0.1) is 5.41 Å². The summed E-state index contributed by atoms with van der Waals surface area (Å²) in [6.07, 6.45) is 3.11. The minimum Gasteiger partial charge on any atom is -0.363 e. The number of nitrogens with one attached hydrogen (secondary N) is 1. The highest BCUT2D eigenvalue weighted by molar-refractivity contribution is 5.51. The van der Waals surface area contributed by atoms with Crippen LogP contribution in [0.5, 0.6) is 0 Å². The van der Waals surface area contributed by atoms with E-state index in [2.05, 4.69) is 57.8 Å². The van der Waals surface area contributed by atoms with E-state index in [0.29, 0.717) is 0 Å². The van der Waals surface area contributed by atoms with Crippen molar-refractivity contribution in [3.63, 3.8) is 0 Å². The third-order valence-corrected chi connectivity index (χ3v) is 2.30. The molecule has 0 aliphatic carbocycles. The van der Waals surface area contributed by atoms with Crippen molar-refractivity contribution in [2.45, 2.75) is 34.1 Å². The molecule has 0 spiro atoms. The molecular weight excluding hydrogens is 206 g/mol. The fraction of sp³-hybridized carbons (Fsp3) is 0.375. The van der Waals surface area contributed by atoms with Crippen molar-refractivity contribution in [1.82, 2.24) is 5.32 Å². The maximum absolute atomic E-state index is 4.07. The Morgan fingerprint density at radius 2 is 1.82 bits per heavy atom. The normalized spacial score (nSPS) is 12.4. The molecule has 0 aliphatic rings. The van der Waals surface area contributed by atoms with Gasteiger partial charge in [-0.25, -0.2) is 0 Å². The Kier molecular flexibility index (Phi) is 4.56. The first-order valence-electron chi connectivity index (χ1n) is 6.05. The SMILES string of the molecule is C=C(CC(C)(C)C)N/C(C)=C/c1ccccc1. The van der Waals surface area contributed by atoms with E-state index in [1.807, 2.05) is 18.2 Å². The summed E-state index contributed by atoms with van der Waals surface area (Å²) in [4.78, 5) is 0. The van der Waals surface area contributed by atoms with Crippen molar-refractivity contribution >= 4 is 6.08 Å². The summed E-state index contributed by atoms with van der Waals surface area (Å²) < 4.78 is 0. The van der Waals surface area contributed by atoms with E-state index in [1.165, 1.54) is 5.56 Å². The Bertz CT molecular complexity index is 393. The van der Waals surface area contributed by atoms with Crippen LogP contribution in [0.4, 0.5) is 0 Å². The van der Waals surface area contributed by atoms with Gasteiger partial charge in [-0.1, -0.05) is 57.7 Å². The monoisotopic (exact) mass is 229 g/mol. The van der Waals surface area contributed by atoms with Crippen LogP contribution in [0.1, 0.15) is 39.7 Å². The molecule has 0 saturated carbocycles. The van der Waals surface area contributed by atoms with Crippen LogP contribution < -0.4 is 5.32 Å². The number of hydrogen-bond acceptors (Lipinski definition) is 1. The van der Waals surface area contributed by atoms with Crippen LogP contribution in [0.2, 0.25) is 0 Å². The van der Waals surface area contributed by atoms with E-state index < -0.39 is 0 Å². The van der Waals surface area contributed by atoms with E-state index in [9.17, 15) is 0 Å². The van der Waals surface area contributed by atoms with Crippen LogP contribution in [0.3, 0.4) is 0 Å². The largest absolute Gasteiger partial charge is 0.363 e. The number of allylic oxidation sites excluding steroid dienone is 2. The first-order chi connectivity index (χ1) is 7.87. The lowest BCUT2D eigenvalue weighted by molar-refractivity contribution is 0.402. The Labute approximate surface area is 105 Å². The second-order valence-electron chi connectivity index (χ2n) is 5.70. The van der Waals surface area contributed by atoms with Crippen LogP contribution in [-0.2, 0) is 0 Å². The van der Waals surface area contributed by atoms with Crippen molar-refractivity contribution in [2.24, 2.45) is 5.41 Å². The summed E-state index contributed by atoms with van der Waals surface area (Å²) in [5.41, 5.74) is 3.69. The van der Waals surface area contributed by atoms with Crippen molar-refractivity contribution in [3.8, 4) is 0 Å². The van der Waals surface area contributed by atoms with Gasteiger partial charge in [-0.15, -0.1) is 0 Å². The molecule has 1 N–H and O–H groups in total. The van der Waals surface area contributed by atoms with Crippen LogP contribution >= 0.6 is 0 Å². The summed E-state index contributed by atoms with van der Waals surface area (Å²) in [6, 6.07) is 10.3. The average Bonchev–Trinajstić information content (AvgIpc) is 2.15. The number of hydrogen-bond donors (Lipinski definition) is 1. The molecule has 1 heteroatoms. The van der Waals surface area contributed by atoms with Crippen molar-refractivity contribution in [1.29, 1.82) is 0 Å². The van der Waals surface area contributed by atoms with Gasteiger partial charge in [-0.2, -0.15) is 0 Å². The van der Waals surface area contributed by atoms with Crippen LogP contribution in [0.25, 0.3) is 6.08 Å². The van der Waals surface area contributed by atoms with E-state index in [1.54, 1.807) is 0 Å². The second kappa shape index (κ2) is 5.72. The fourth-order valence-electron chi connectivity index (χ4n) is 1.80. The van der Waals surface area contributed by atoms with Gasteiger partial charge in [0.2, 0.25) is 0 Å². The van der Waals surface area contributed by atoms with Crippen molar-refractivity contribution in [3.05, 3.63) is 53.9 Å². The van der Waals surface area contributed by atoms with E-state index in [-0.39, 0.29) is 5.41 Å². The molecule has 0 bridgehead atoms. The average molecular weight is 229 g/mol. The summed E-state index contributed by atoms with van der Waals surface area (Å²) >= 11 is 0. The standard InChI is InChI=1S/C16H23N/c1-13(11-15-9-7-6-8-10-15)17-14(2)12-16(3,4)5/h6-11,17H,2,12H2,1,3-5H3/b13-11+. The Morgan fingerprint density at radius 1 is 1.24 bits per heavy atom. The molecule has 1 aromatic carbocycles. The Morgan fingerprint density at radius 3 is 2.35 bits per heavy atom. The molecule has 1 nitrogen and oxygen atoms in total. The molecule has 0 aromatic heterocycles. The topological polar surface area (TPSA) is 12.0 Å². The third-order valence-electron chi connectivity index (χ3n) is 2.30. The molecule has 0 fully saturated rings. The highest BCUT2D eigenvalue weighted by Gasteiger charge is 2.11. The summed E-state index contributed by atoms with van der Waals surface area (Å²) in [7, 11) is 0. The Balaban J connectivity index is 2.58. The van der Waals surface area contributed by atoms with E-state index in [0.717, 1.165) is 17.8 Å². The van der Waals surface area contributed by atoms with E-state index >= 15 is 0 Å². The highest BCUT2D eigenvalue weighted by Crippen LogP contribution is 2.22. The van der Waals surface area contributed by atoms with Crippen LogP contribution in [-0.4, -0.2) is 0 Å². The second-order valence-corrected chi connectivity index (χ2v) is 5.70. The first kappa shape index (κ1) is 13.6. The maximum Gasteiger partial charge on any atom is 0.0123 e. The molecule has 1 rings (SSSR count). The van der Waals surface area contributed by atoms with Gasteiger partial charge in [-0.05, 0) is 30.4 Å². The lowest BCUT2D eigenvalue weighted by Gasteiger charge is -2.20. The molecule has 0 unspecified atom stereocenters. The summed E-state index contributed by atoms with van der Waals surface area (Å²) in [5, 5.41) is 3.35. The maximum atomic E-state index is 4.07. The fourth-order valence-corrected chi connectivity index (χ4v) is 1.80. The predicted molar refractivity (Wildman–Crippen MR) is 76.4 cm³/mol. The molecule has 1 aromatic rings. The van der Waals surface area contributed by atoms with Gasteiger partial charge in [-0.3, -0.25) is 0 Å². The van der Waals surface area contributed by atoms with Crippen LogP contribution in [0.15, 0.2) is 48.3 Å². The van der Waals surface area contributed by atoms with Crippen molar-refractivity contribution in [2.75, 3.05) is 0 Å². The van der Waals surface area contributed by atoms with Gasteiger partial charge >= 0.3 is 0 Å². The quantitative estimate of drug-likeness (QED) is 0.796. The molecule has 0 heterocycles. The predicted octanol–water partition coefficient (Wildman–Crippen LogP) is 4.59. The molecule has 0 saturated heterocycles. The van der Waals surface area contributed by atoms with Crippen molar-refractivity contribution < 1.29 is 0 Å². The van der Waals surface area contributed by atoms with Gasteiger partial charge in [0.25, 0.3) is 0 Å². The van der Waals surface area contributed by atoms with Gasteiger partial charge in [0.15, 0.2) is 0 Å². The number of benzene rings is 1. The zero-order valence-electron chi connectivity index (χ0n) is 11.4. The lowest BCUT2D eigenvalue weighted by Crippen LogP contribution is -2.16.